The van der Waals surface area contributed by atoms with Gasteiger partial charge in [0.2, 0.25) is 0 Å². The van der Waals surface area contributed by atoms with Crippen molar-refractivity contribution >= 4 is 11.7 Å². The number of carbonyl (C=O) groups is 1. The Labute approximate surface area is 135 Å². The molecule has 122 valence electrons. The first kappa shape index (κ1) is 15.5. The summed E-state index contributed by atoms with van der Waals surface area (Å²) in [5, 5.41) is 3.08. The van der Waals surface area contributed by atoms with E-state index in [0.29, 0.717) is 11.7 Å². The number of nitrogens with zero attached hydrogens (tertiary/aromatic N) is 5. The number of anilines is 1. The van der Waals surface area contributed by atoms with E-state index in [4.69, 9.17) is 0 Å². The molecule has 0 unspecified atom stereocenters. The highest BCUT2D eigenvalue weighted by Gasteiger charge is 2.27. The summed E-state index contributed by atoms with van der Waals surface area (Å²) >= 11 is 0. The van der Waals surface area contributed by atoms with Gasteiger partial charge in [-0.2, -0.15) is 0 Å². The number of piperidine rings is 1. The molecule has 7 nitrogen and oxygen atoms in total. The molecule has 0 aromatic carbocycles. The lowest BCUT2D eigenvalue weighted by atomic mass is 9.93. The SMILES string of the molecule is CNc1nccnc1C[C@H]1CCCN(C(=O)c2nccn2C)C1. The van der Waals surface area contributed by atoms with Gasteiger partial charge in [-0.05, 0) is 25.2 Å². The Bertz CT molecular complexity index is 683. The van der Waals surface area contributed by atoms with Crippen LogP contribution in [0.4, 0.5) is 5.82 Å². The van der Waals surface area contributed by atoms with E-state index in [1.54, 1.807) is 29.4 Å². The highest BCUT2D eigenvalue weighted by molar-refractivity contribution is 5.90. The molecule has 0 radical (unpaired) electrons. The van der Waals surface area contributed by atoms with Crippen molar-refractivity contribution in [3.63, 3.8) is 0 Å². The highest BCUT2D eigenvalue weighted by Crippen LogP contribution is 2.23. The van der Waals surface area contributed by atoms with Crippen molar-refractivity contribution in [1.82, 2.24) is 24.4 Å². The monoisotopic (exact) mass is 314 g/mol. The number of hydrogen-bond acceptors (Lipinski definition) is 5. The molecule has 23 heavy (non-hydrogen) atoms. The molecule has 7 heteroatoms. The maximum atomic E-state index is 12.6. The Hall–Kier alpha value is -2.44. The Morgan fingerprint density at radius 2 is 2.13 bits per heavy atom. The van der Waals surface area contributed by atoms with E-state index in [1.165, 1.54) is 0 Å². The van der Waals surface area contributed by atoms with Crippen LogP contribution in [0, 0.1) is 5.92 Å². The van der Waals surface area contributed by atoms with Crippen LogP contribution < -0.4 is 5.32 Å². The zero-order chi connectivity index (χ0) is 16.2. The van der Waals surface area contributed by atoms with E-state index in [0.717, 1.165) is 43.9 Å². The first-order valence-electron chi connectivity index (χ1n) is 7.93. The number of likely N-dealkylation sites (tertiary alicyclic amines) is 1. The van der Waals surface area contributed by atoms with Gasteiger partial charge in [-0.25, -0.2) is 9.97 Å². The summed E-state index contributed by atoms with van der Waals surface area (Å²) < 4.78 is 1.77. The predicted octanol–water partition coefficient (Wildman–Crippen LogP) is 1.35. The molecule has 1 aliphatic heterocycles. The van der Waals surface area contributed by atoms with Crippen molar-refractivity contribution in [2.24, 2.45) is 13.0 Å². The molecule has 1 fully saturated rings. The minimum absolute atomic E-state index is 0.00943. The van der Waals surface area contributed by atoms with Crippen LogP contribution in [0.3, 0.4) is 0 Å². The van der Waals surface area contributed by atoms with E-state index < -0.39 is 0 Å². The molecule has 2 aromatic rings. The second-order valence-corrected chi connectivity index (χ2v) is 5.93. The average molecular weight is 314 g/mol. The molecule has 0 spiro atoms. The Kier molecular flexibility index (Phi) is 4.55. The van der Waals surface area contributed by atoms with Crippen LogP contribution in [0.2, 0.25) is 0 Å². The second-order valence-electron chi connectivity index (χ2n) is 5.93. The molecule has 2 aromatic heterocycles. The molecule has 1 saturated heterocycles. The lowest BCUT2D eigenvalue weighted by Gasteiger charge is -2.32. The van der Waals surface area contributed by atoms with Gasteiger partial charge in [-0.15, -0.1) is 0 Å². The van der Waals surface area contributed by atoms with E-state index in [1.807, 2.05) is 19.0 Å². The van der Waals surface area contributed by atoms with Gasteiger partial charge in [0.15, 0.2) is 5.82 Å². The highest BCUT2D eigenvalue weighted by atomic mass is 16.2. The average Bonchev–Trinajstić information content (AvgIpc) is 3.01. The van der Waals surface area contributed by atoms with Gasteiger partial charge in [0, 0.05) is 52.0 Å². The number of aromatic nitrogens is 4. The fraction of sp³-hybridized carbons (Fsp3) is 0.500. The summed E-state index contributed by atoms with van der Waals surface area (Å²) in [7, 11) is 3.70. The summed E-state index contributed by atoms with van der Waals surface area (Å²) in [6, 6.07) is 0. The van der Waals surface area contributed by atoms with Gasteiger partial charge in [0.05, 0.1) is 5.69 Å². The van der Waals surface area contributed by atoms with Gasteiger partial charge in [0.1, 0.15) is 5.82 Å². The molecule has 1 amide bonds. The maximum absolute atomic E-state index is 12.6. The maximum Gasteiger partial charge on any atom is 0.289 e. The number of hydrogen-bond donors (Lipinski definition) is 1. The van der Waals surface area contributed by atoms with Gasteiger partial charge in [0.25, 0.3) is 5.91 Å². The third-order valence-corrected chi connectivity index (χ3v) is 4.31. The van der Waals surface area contributed by atoms with Crippen molar-refractivity contribution in [3.05, 3.63) is 36.3 Å². The third kappa shape index (κ3) is 3.33. The molecule has 0 saturated carbocycles. The lowest BCUT2D eigenvalue weighted by molar-refractivity contribution is 0.0657. The Morgan fingerprint density at radius 3 is 2.87 bits per heavy atom. The van der Waals surface area contributed by atoms with Crippen LogP contribution in [-0.2, 0) is 13.5 Å². The summed E-state index contributed by atoms with van der Waals surface area (Å²) in [5.74, 6) is 1.73. The standard InChI is InChI=1S/C16H22N6O/c1-17-14-13(18-5-6-19-14)10-12-4-3-8-22(11-12)16(23)15-20-7-9-21(15)2/h5-7,9,12H,3-4,8,10-11H2,1-2H3,(H,17,19)/t12-/m1/s1. The number of amides is 1. The van der Waals surface area contributed by atoms with E-state index in [-0.39, 0.29) is 5.91 Å². The number of imidazole rings is 1. The first-order chi connectivity index (χ1) is 11.2. The van der Waals surface area contributed by atoms with Crippen LogP contribution in [0.5, 0.6) is 0 Å². The molecule has 0 bridgehead atoms. The quantitative estimate of drug-likeness (QED) is 0.922. The fourth-order valence-electron chi connectivity index (χ4n) is 3.13. The van der Waals surface area contributed by atoms with Crippen molar-refractivity contribution < 1.29 is 4.79 Å². The normalized spacial score (nSPS) is 18.0. The second kappa shape index (κ2) is 6.76. The first-order valence-corrected chi connectivity index (χ1v) is 7.93. The number of rotatable bonds is 4. The van der Waals surface area contributed by atoms with Gasteiger partial charge in [-0.3, -0.25) is 9.78 Å². The Balaban J connectivity index is 1.69. The summed E-state index contributed by atoms with van der Waals surface area (Å²) in [6.45, 7) is 1.53. The zero-order valence-electron chi connectivity index (χ0n) is 13.6. The van der Waals surface area contributed by atoms with Gasteiger partial charge >= 0.3 is 0 Å². The van der Waals surface area contributed by atoms with Crippen LogP contribution in [0.15, 0.2) is 24.8 Å². The van der Waals surface area contributed by atoms with Crippen LogP contribution in [0.25, 0.3) is 0 Å². The molecule has 0 aliphatic carbocycles. The minimum atomic E-state index is 0.00943. The summed E-state index contributed by atoms with van der Waals surface area (Å²) in [5.41, 5.74) is 0.964. The van der Waals surface area contributed by atoms with Crippen molar-refractivity contribution in [1.29, 1.82) is 0 Å². The predicted molar refractivity (Wildman–Crippen MR) is 87.1 cm³/mol. The zero-order valence-corrected chi connectivity index (χ0v) is 13.6. The fourth-order valence-corrected chi connectivity index (χ4v) is 3.13. The lowest BCUT2D eigenvalue weighted by Crippen LogP contribution is -2.41. The molecule has 3 heterocycles. The van der Waals surface area contributed by atoms with Crippen LogP contribution in [0.1, 0.15) is 29.2 Å². The van der Waals surface area contributed by atoms with Crippen LogP contribution >= 0.6 is 0 Å². The molecule has 1 N–H and O–H groups in total. The Morgan fingerprint density at radius 1 is 1.30 bits per heavy atom. The van der Waals surface area contributed by atoms with Crippen molar-refractivity contribution in [3.8, 4) is 0 Å². The summed E-state index contributed by atoms with van der Waals surface area (Å²) in [4.78, 5) is 27.4. The minimum Gasteiger partial charge on any atom is -0.372 e. The van der Waals surface area contributed by atoms with Crippen molar-refractivity contribution in [2.45, 2.75) is 19.3 Å². The number of nitrogens with one attached hydrogen (secondary N) is 1. The largest absolute Gasteiger partial charge is 0.372 e. The van der Waals surface area contributed by atoms with E-state index in [2.05, 4.69) is 20.3 Å². The molecular weight excluding hydrogens is 292 g/mol. The number of carbonyl (C=O) groups excluding carboxylic acids is 1. The molecule has 1 atom stereocenters. The molecular formula is C16H22N6O. The number of aryl methyl sites for hydroxylation is 1. The van der Waals surface area contributed by atoms with Crippen LogP contribution in [-0.4, -0.2) is 50.5 Å². The molecule has 3 rings (SSSR count). The van der Waals surface area contributed by atoms with Gasteiger partial charge < -0.3 is 14.8 Å². The van der Waals surface area contributed by atoms with Gasteiger partial charge in [-0.1, -0.05) is 0 Å². The van der Waals surface area contributed by atoms with E-state index in [9.17, 15) is 4.79 Å². The summed E-state index contributed by atoms with van der Waals surface area (Å²) in [6.07, 6.45) is 9.80. The topological polar surface area (TPSA) is 75.9 Å². The van der Waals surface area contributed by atoms with E-state index >= 15 is 0 Å². The smallest absolute Gasteiger partial charge is 0.289 e. The molecule has 1 aliphatic rings. The van der Waals surface area contributed by atoms with Crippen molar-refractivity contribution in [2.75, 3.05) is 25.5 Å². The third-order valence-electron chi connectivity index (χ3n) is 4.31.